The first-order valence-corrected chi connectivity index (χ1v) is 13.7. The number of hydrogen-bond donors (Lipinski definition) is 3. The van der Waals surface area contributed by atoms with Crippen molar-refractivity contribution in [3.8, 4) is 0 Å². The van der Waals surface area contributed by atoms with Crippen molar-refractivity contribution >= 4 is 80.2 Å². The molecule has 3 N–H and O–H groups in total. The van der Waals surface area contributed by atoms with Gasteiger partial charge in [0, 0.05) is 44.5 Å². The van der Waals surface area contributed by atoms with Crippen LogP contribution in [0.25, 0.3) is 32.3 Å². The Bertz CT molecular complexity index is 1940. The highest BCUT2D eigenvalue weighted by Gasteiger charge is 2.32. The fourth-order valence-electron chi connectivity index (χ4n) is 4.34. The first kappa shape index (κ1) is 23.3. The van der Waals surface area contributed by atoms with E-state index in [2.05, 4.69) is 0 Å². The fourth-order valence-corrected chi connectivity index (χ4v) is 6.55. The predicted octanol–water partition coefficient (Wildman–Crippen LogP) is 1.75. The van der Waals surface area contributed by atoms with Crippen molar-refractivity contribution in [1.82, 2.24) is 0 Å². The molecule has 0 spiro atoms. The second-order valence-electron chi connectivity index (χ2n) is 7.61. The van der Waals surface area contributed by atoms with Crippen molar-refractivity contribution < 1.29 is 48.5 Å². The summed E-state index contributed by atoms with van der Waals surface area (Å²) in [4.78, 5) is 22.8. The van der Waals surface area contributed by atoms with Crippen LogP contribution in [0.4, 0.5) is 5.69 Å². The van der Waals surface area contributed by atoms with Crippen LogP contribution in [0.15, 0.2) is 63.2 Å². The van der Waals surface area contributed by atoms with Crippen molar-refractivity contribution in [2.45, 2.75) is 14.7 Å². The van der Waals surface area contributed by atoms with E-state index in [-0.39, 0.29) is 38.0 Å². The minimum Gasteiger partial charge on any atom is -0.282 e. The number of imide groups is 1. The quantitative estimate of drug-likeness (QED) is 0.194. The van der Waals surface area contributed by atoms with Gasteiger partial charge in [-0.15, -0.1) is 0 Å². The van der Waals surface area contributed by atoms with Gasteiger partial charge in [0.2, 0.25) is 0 Å². The summed E-state index contributed by atoms with van der Waals surface area (Å²) in [5.74, 6) is -1.66. The third kappa shape index (κ3) is 3.40. The van der Waals surface area contributed by atoms with E-state index in [1.54, 1.807) is 0 Å². The zero-order valence-corrected chi connectivity index (χ0v) is 19.3. The van der Waals surface area contributed by atoms with E-state index in [1.165, 1.54) is 6.07 Å². The Kier molecular flexibility index (Phi) is 4.68. The van der Waals surface area contributed by atoms with Crippen LogP contribution in [0.5, 0.6) is 0 Å². The highest BCUT2D eigenvalue weighted by molar-refractivity contribution is 7.87. The van der Waals surface area contributed by atoms with E-state index in [0.29, 0.717) is 11.0 Å². The molecule has 0 aromatic heterocycles. The molecule has 1 aliphatic rings. The molecule has 180 valence electrons. The van der Waals surface area contributed by atoms with Crippen LogP contribution in [0.1, 0.15) is 0 Å². The second kappa shape index (κ2) is 7.03. The molecule has 0 bridgehead atoms. The highest BCUT2D eigenvalue weighted by Crippen LogP contribution is 2.45. The Labute approximate surface area is 196 Å². The molecule has 0 unspecified atom stereocenters. The molecule has 0 saturated carbocycles. The topological polar surface area (TPSA) is 200 Å². The molecule has 4 aromatic rings. The van der Waals surface area contributed by atoms with Crippen molar-refractivity contribution in [1.29, 1.82) is 0 Å². The summed E-state index contributed by atoms with van der Waals surface area (Å²) >= 11 is 0. The molecule has 0 saturated heterocycles. The van der Waals surface area contributed by atoms with Gasteiger partial charge in [-0.1, -0.05) is 24.3 Å². The Balaban J connectivity index is 2.14. The first-order chi connectivity index (χ1) is 16.1. The van der Waals surface area contributed by atoms with Gasteiger partial charge in [0.15, 0.2) is 0 Å². The standard InChI is InChI=1S/C20H11NO11S3/c22-17-5-6-18(23)21(17)13-7-14(33(24,25)26)10-3-4-12-16(35(30,31)32)8-15(34(27,28)29)11-2-1-9(13)19(10)20(11)12/h1-8H,(H,24,25,26)(H,27,28,29)(H,30,31,32). The van der Waals surface area contributed by atoms with Gasteiger partial charge in [-0.2, -0.15) is 25.3 Å². The fraction of sp³-hybridized carbons (Fsp3) is 0. The lowest BCUT2D eigenvalue weighted by molar-refractivity contribution is -0.119. The monoisotopic (exact) mass is 537 g/mol. The minimum absolute atomic E-state index is 0.0182. The molecule has 1 heterocycles. The van der Waals surface area contributed by atoms with Gasteiger partial charge in [0.1, 0.15) is 14.7 Å². The van der Waals surface area contributed by atoms with E-state index in [0.717, 1.165) is 36.4 Å². The van der Waals surface area contributed by atoms with E-state index >= 15 is 0 Å². The molecule has 1 aliphatic heterocycles. The molecule has 0 atom stereocenters. The number of amides is 2. The average molecular weight is 538 g/mol. The zero-order chi connectivity index (χ0) is 25.7. The van der Waals surface area contributed by atoms with Gasteiger partial charge in [-0.3, -0.25) is 23.2 Å². The Morgan fingerprint density at radius 1 is 0.543 bits per heavy atom. The number of nitrogens with zero attached hydrogens (tertiary/aromatic N) is 1. The molecule has 0 radical (unpaired) electrons. The summed E-state index contributed by atoms with van der Waals surface area (Å²) in [7, 11) is -15.1. The molecule has 0 aliphatic carbocycles. The third-order valence-corrected chi connectivity index (χ3v) is 8.33. The molecule has 2 amide bonds. The molecule has 4 aromatic carbocycles. The predicted molar refractivity (Wildman–Crippen MR) is 121 cm³/mol. The molecular weight excluding hydrogens is 526 g/mol. The minimum atomic E-state index is -5.06. The molecule has 12 nitrogen and oxygen atoms in total. The molecule has 35 heavy (non-hydrogen) atoms. The van der Waals surface area contributed by atoms with Crippen LogP contribution in [-0.2, 0) is 39.9 Å². The van der Waals surface area contributed by atoms with Gasteiger partial charge >= 0.3 is 0 Å². The maximum atomic E-state index is 12.4. The van der Waals surface area contributed by atoms with Crippen molar-refractivity contribution in [3.63, 3.8) is 0 Å². The van der Waals surface area contributed by atoms with Crippen molar-refractivity contribution in [3.05, 3.63) is 48.6 Å². The van der Waals surface area contributed by atoms with Gasteiger partial charge in [0.25, 0.3) is 42.2 Å². The number of hydrogen-bond acceptors (Lipinski definition) is 8. The van der Waals surface area contributed by atoms with Crippen molar-refractivity contribution in [2.24, 2.45) is 0 Å². The van der Waals surface area contributed by atoms with E-state index in [9.17, 15) is 48.5 Å². The Morgan fingerprint density at radius 2 is 0.886 bits per heavy atom. The molecule has 0 fully saturated rings. The van der Waals surface area contributed by atoms with Gasteiger partial charge in [-0.25, -0.2) is 4.90 Å². The van der Waals surface area contributed by atoms with Gasteiger partial charge in [-0.05, 0) is 12.1 Å². The van der Waals surface area contributed by atoms with E-state index in [4.69, 9.17) is 0 Å². The largest absolute Gasteiger partial charge is 0.295 e. The number of rotatable bonds is 4. The van der Waals surface area contributed by atoms with Gasteiger partial charge in [0.05, 0.1) is 5.69 Å². The van der Waals surface area contributed by atoms with Crippen molar-refractivity contribution in [2.75, 3.05) is 4.90 Å². The summed E-state index contributed by atoms with van der Waals surface area (Å²) in [6.45, 7) is 0. The van der Waals surface area contributed by atoms with E-state index in [1.807, 2.05) is 0 Å². The summed E-state index contributed by atoms with van der Waals surface area (Å²) in [5, 5.41) is -1.04. The number of anilines is 1. The normalized spacial score (nSPS) is 15.3. The Morgan fingerprint density at radius 3 is 1.29 bits per heavy atom. The SMILES string of the molecule is O=C1C=CC(=O)N1c1cc(S(=O)(=O)O)c2ccc3c(S(=O)(=O)O)cc(S(=O)(=O)O)c4ccc1c2c43. The Hall–Kier alpha value is -3.47. The first-order valence-electron chi connectivity index (χ1n) is 9.38. The van der Waals surface area contributed by atoms with Crippen LogP contribution >= 0.6 is 0 Å². The van der Waals surface area contributed by atoms with Crippen LogP contribution in [0.2, 0.25) is 0 Å². The maximum absolute atomic E-state index is 12.4. The molecule has 5 rings (SSSR count). The summed E-state index contributed by atoms with van der Waals surface area (Å²) in [5.41, 5.74) is -0.287. The summed E-state index contributed by atoms with van der Waals surface area (Å²) in [6.07, 6.45) is 1.86. The lowest BCUT2D eigenvalue weighted by Crippen LogP contribution is -2.30. The summed E-state index contributed by atoms with van der Waals surface area (Å²) < 4.78 is 102. The highest BCUT2D eigenvalue weighted by atomic mass is 32.2. The summed E-state index contributed by atoms with van der Waals surface area (Å²) in [6, 6.07) is 6.04. The van der Waals surface area contributed by atoms with Crippen LogP contribution < -0.4 is 4.90 Å². The second-order valence-corrected chi connectivity index (χ2v) is 11.8. The molecular formula is C20H11NO11S3. The lowest BCUT2D eigenvalue weighted by atomic mass is 9.93. The van der Waals surface area contributed by atoms with Crippen LogP contribution in [0, 0.1) is 0 Å². The lowest BCUT2D eigenvalue weighted by Gasteiger charge is -2.22. The molecule has 15 heteroatoms. The number of carbonyl (C=O) groups excluding carboxylic acids is 2. The maximum Gasteiger partial charge on any atom is 0.295 e. The average Bonchev–Trinajstić information content (AvgIpc) is 3.06. The van der Waals surface area contributed by atoms with E-state index < -0.39 is 56.9 Å². The van der Waals surface area contributed by atoms with Crippen LogP contribution in [-0.4, -0.2) is 50.7 Å². The van der Waals surface area contributed by atoms with Gasteiger partial charge < -0.3 is 0 Å². The number of carbonyl (C=O) groups is 2. The number of benzene rings is 4. The smallest absolute Gasteiger partial charge is 0.282 e. The van der Waals surface area contributed by atoms with Crippen LogP contribution in [0.3, 0.4) is 0 Å². The zero-order valence-electron chi connectivity index (χ0n) is 16.9. The third-order valence-electron chi connectivity index (χ3n) is 5.65.